The number of rotatable bonds is 4. The summed E-state index contributed by atoms with van der Waals surface area (Å²) in [6.07, 6.45) is 3.77. The Morgan fingerprint density at radius 3 is 1.13 bits per heavy atom. The highest BCUT2D eigenvalue weighted by atomic mass is 16.5. The van der Waals surface area contributed by atoms with Gasteiger partial charge in [-0.3, -0.25) is 0 Å². The van der Waals surface area contributed by atoms with Gasteiger partial charge in [0.25, 0.3) is 12.5 Å². The third-order valence-corrected chi connectivity index (χ3v) is 5.72. The van der Waals surface area contributed by atoms with Crippen LogP contribution >= 0.6 is 0 Å². The van der Waals surface area contributed by atoms with E-state index in [0.717, 1.165) is 33.4 Å². The van der Waals surface area contributed by atoms with E-state index in [-0.39, 0.29) is 10.8 Å². The second-order valence-corrected chi connectivity index (χ2v) is 10.9. The predicted molar refractivity (Wildman–Crippen MR) is 124 cm³/mol. The molecule has 0 fully saturated rings. The van der Waals surface area contributed by atoms with Gasteiger partial charge in [0, 0.05) is 27.7 Å². The van der Waals surface area contributed by atoms with Gasteiger partial charge in [-0.15, -0.1) is 10.5 Å². The average molecular weight is 419 g/mol. The van der Waals surface area contributed by atoms with Gasteiger partial charge in [0.15, 0.2) is 0 Å². The van der Waals surface area contributed by atoms with Gasteiger partial charge in [-0.05, 0) is 24.7 Å². The Balaban J connectivity index is 2.98. The molecule has 164 valence electrons. The van der Waals surface area contributed by atoms with E-state index in [9.17, 15) is 10.5 Å². The van der Waals surface area contributed by atoms with E-state index in [1.165, 1.54) is 0 Å². The number of nitriles is 2. The Morgan fingerprint density at radius 1 is 0.581 bits per heavy atom. The van der Waals surface area contributed by atoms with Crippen LogP contribution < -0.4 is 9.47 Å². The average Bonchev–Trinajstić information content (AvgIpc) is 2.62. The standard InChI is InChI=1S/C27H34N2O2/c1-17-11-19(25(3,4)5)23(30-15-28)21(13-17)27(9,10)22-14-18(2)12-20(26(6,7)8)24(22)31-16-29/h11-14H,1-10H3. The number of benzene rings is 2. The number of hydrogen-bond donors (Lipinski definition) is 0. The monoisotopic (exact) mass is 418 g/mol. The molecule has 0 unspecified atom stereocenters. The number of ether oxygens (including phenoxy) is 2. The van der Waals surface area contributed by atoms with Crippen molar-refractivity contribution in [1.82, 2.24) is 0 Å². The molecule has 0 bridgehead atoms. The van der Waals surface area contributed by atoms with Crippen LogP contribution in [0, 0.1) is 36.9 Å². The molecule has 0 aliphatic heterocycles. The maximum Gasteiger partial charge on any atom is 0.292 e. The molecular formula is C27H34N2O2. The van der Waals surface area contributed by atoms with Crippen LogP contribution in [0.1, 0.15) is 88.8 Å². The van der Waals surface area contributed by atoms with Crippen molar-refractivity contribution in [3.63, 3.8) is 0 Å². The van der Waals surface area contributed by atoms with Crippen molar-refractivity contribution >= 4 is 0 Å². The molecule has 0 saturated carbocycles. The molecule has 2 aromatic carbocycles. The molecule has 2 aromatic rings. The molecule has 2 rings (SSSR count). The Hall–Kier alpha value is -2.98. The van der Waals surface area contributed by atoms with E-state index in [0.29, 0.717) is 11.5 Å². The van der Waals surface area contributed by atoms with Crippen LogP contribution in [0.25, 0.3) is 0 Å². The minimum absolute atomic E-state index is 0.210. The quantitative estimate of drug-likeness (QED) is 0.504. The van der Waals surface area contributed by atoms with E-state index in [1.807, 2.05) is 12.5 Å². The summed E-state index contributed by atoms with van der Waals surface area (Å²) in [5.74, 6) is 1.15. The molecule has 31 heavy (non-hydrogen) atoms. The summed E-state index contributed by atoms with van der Waals surface area (Å²) in [4.78, 5) is 0. The molecule has 0 N–H and O–H groups in total. The first-order chi connectivity index (χ1) is 14.1. The normalized spacial score (nSPS) is 12.1. The highest BCUT2D eigenvalue weighted by molar-refractivity contribution is 5.59. The molecule has 0 aliphatic rings. The first-order valence-corrected chi connectivity index (χ1v) is 10.6. The van der Waals surface area contributed by atoms with Gasteiger partial charge >= 0.3 is 0 Å². The van der Waals surface area contributed by atoms with Crippen LogP contribution in [-0.2, 0) is 16.2 Å². The molecule has 0 atom stereocenters. The van der Waals surface area contributed by atoms with Gasteiger partial charge < -0.3 is 9.47 Å². The topological polar surface area (TPSA) is 66.0 Å². The molecule has 0 saturated heterocycles. The van der Waals surface area contributed by atoms with Crippen molar-refractivity contribution in [3.05, 3.63) is 57.6 Å². The lowest BCUT2D eigenvalue weighted by molar-refractivity contribution is 0.438. The van der Waals surface area contributed by atoms with E-state index in [1.54, 1.807) is 0 Å². The van der Waals surface area contributed by atoms with Gasteiger partial charge in [0.05, 0.1) is 0 Å². The maximum atomic E-state index is 9.43. The SMILES string of the molecule is Cc1cc(C(C)(C)C)c(OC#N)c(C(C)(C)c2cc(C)cc(C(C)(C)C)c2OC#N)c1. The second kappa shape index (κ2) is 8.27. The summed E-state index contributed by atoms with van der Waals surface area (Å²) in [5, 5.41) is 18.9. The van der Waals surface area contributed by atoms with Gasteiger partial charge in [-0.2, -0.15) is 0 Å². The minimum Gasteiger partial charge on any atom is -0.387 e. The van der Waals surface area contributed by atoms with E-state index < -0.39 is 5.41 Å². The molecule has 0 amide bonds. The summed E-state index contributed by atoms with van der Waals surface area (Å²) in [7, 11) is 0. The molecular weight excluding hydrogens is 384 g/mol. The summed E-state index contributed by atoms with van der Waals surface area (Å²) in [5.41, 5.74) is 4.91. The Morgan fingerprint density at radius 2 is 0.871 bits per heavy atom. The largest absolute Gasteiger partial charge is 0.387 e. The van der Waals surface area contributed by atoms with E-state index >= 15 is 0 Å². The lowest BCUT2D eigenvalue weighted by Gasteiger charge is -2.34. The fourth-order valence-corrected chi connectivity index (χ4v) is 4.05. The zero-order valence-corrected chi connectivity index (χ0v) is 20.5. The third-order valence-electron chi connectivity index (χ3n) is 5.72. The summed E-state index contributed by atoms with van der Waals surface area (Å²) < 4.78 is 11.2. The lowest BCUT2D eigenvalue weighted by atomic mass is 9.71. The molecule has 0 heterocycles. The summed E-state index contributed by atoms with van der Waals surface area (Å²) >= 11 is 0. The van der Waals surface area contributed by atoms with Gasteiger partial charge in [0.1, 0.15) is 11.5 Å². The van der Waals surface area contributed by atoms with Crippen LogP contribution in [-0.4, -0.2) is 0 Å². The number of hydrogen-bond acceptors (Lipinski definition) is 4. The molecule has 0 spiro atoms. The smallest absolute Gasteiger partial charge is 0.292 e. The first-order valence-electron chi connectivity index (χ1n) is 10.6. The van der Waals surface area contributed by atoms with Crippen molar-refractivity contribution in [2.24, 2.45) is 0 Å². The van der Waals surface area contributed by atoms with E-state index in [2.05, 4.69) is 93.5 Å². The van der Waals surface area contributed by atoms with Crippen molar-refractivity contribution < 1.29 is 9.47 Å². The zero-order valence-electron chi connectivity index (χ0n) is 20.5. The Bertz CT molecular complexity index is 983. The van der Waals surface area contributed by atoms with E-state index in [4.69, 9.17) is 9.47 Å². The highest BCUT2D eigenvalue weighted by Crippen LogP contribution is 2.48. The van der Waals surface area contributed by atoms with Crippen LogP contribution in [0.5, 0.6) is 11.5 Å². The summed E-state index contributed by atoms with van der Waals surface area (Å²) in [6.45, 7) is 20.9. The molecule has 4 heteroatoms. The maximum absolute atomic E-state index is 9.43. The minimum atomic E-state index is -0.587. The predicted octanol–water partition coefficient (Wildman–Crippen LogP) is 6.94. The second-order valence-electron chi connectivity index (χ2n) is 10.9. The van der Waals surface area contributed by atoms with Crippen LogP contribution in [0.4, 0.5) is 0 Å². The Kier molecular flexibility index (Phi) is 6.48. The third kappa shape index (κ3) is 4.86. The van der Waals surface area contributed by atoms with Crippen molar-refractivity contribution in [2.75, 3.05) is 0 Å². The first kappa shape index (κ1) is 24.3. The number of aryl methyl sites for hydroxylation is 2. The van der Waals surface area contributed by atoms with Crippen molar-refractivity contribution in [3.8, 4) is 24.0 Å². The highest BCUT2D eigenvalue weighted by Gasteiger charge is 2.36. The van der Waals surface area contributed by atoms with Gasteiger partial charge in [-0.25, -0.2) is 0 Å². The Labute approximate surface area is 187 Å². The zero-order chi connectivity index (χ0) is 23.8. The van der Waals surface area contributed by atoms with Crippen molar-refractivity contribution in [2.45, 2.75) is 85.5 Å². The molecule has 0 aromatic heterocycles. The van der Waals surface area contributed by atoms with Crippen LogP contribution in [0.2, 0.25) is 0 Å². The number of nitrogens with zero attached hydrogens (tertiary/aromatic N) is 2. The van der Waals surface area contributed by atoms with Gasteiger partial charge in [-0.1, -0.05) is 90.8 Å². The molecule has 0 radical (unpaired) electrons. The van der Waals surface area contributed by atoms with Crippen LogP contribution in [0.3, 0.4) is 0 Å². The van der Waals surface area contributed by atoms with Crippen LogP contribution in [0.15, 0.2) is 24.3 Å². The van der Waals surface area contributed by atoms with Gasteiger partial charge in [0.2, 0.25) is 0 Å². The fraction of sp³-hybridized carbons (Fsp3) is 0.481. The molecule has 4 nitrogen and oxygen atoms in total. The fourth-order valence-electron chi connectivity index (χ4n) is 4.05. The molecule has 0 aliphatic carbocycles. The summed E-state index contributed by atoms with van der Waals surface area (Å²) in [6, 6.07) is 8.29. The lowest BCUT2D eigenvalue weighted by Crippen LogP contribution is -2.25. The van der Waals surface area contributed by atoms with Crippen molar-refractivity contribution in [1.29, 1.82) is 10.5 Å².